The van der Waals surface area contributed by atoms with Crippen LogP contribution in [0.3, 0.4) is 0 Å². The summed E-state index contributed by atoms with van der Waals surface area (Å²) < 4.78 is 41.9. The molecule has 3 nitrogen and oxygen atoms in total. The third kappa shape index (κ3) is 3.09. The molecule has 0 bridgehead atoms. The number of hydrogen-bond donors (Lipinski definition) is 0. The van der Waals surface area contributed by atoms with Crippen LogP contribution in [0.2, 0.25) is 0 Å². The fraction of sp³-hybridized carbons (Fsp3) is 0.217. The standard InChI is InChI=1S/C23H18F3N3/c24-23(25,26)16-7-5-6-15(14-16)22-21(20-10-3-4-13-29(20)28-22)18-11-12-27-19-9-2-1-8-17(18)19/h1-2,5-9,11-12,14H,3-4,10,13H2. The number of para-hydroxylation sites is 1. The number of rotatable bonds is 2. The van der Waals surface area contributed by atoms with Crippen molar-refractivity contribution in [2.75, 3.05) is 0 Å². The van der Waals surface area contributed by atoms with Gasteiger partial charge in [0.15, 0.2) is 0 Å². The summed E-state index contributed by atoms with van der Waals surface area (Å²) in [6.07, 6.45) is 0.286. The van der Waals surface area contributed by atoms with Crippen molar-refractivity contribution in [3.8, 4) is 22.4 Å². The van der Waals surface area contributed by atoms with Gasteiger partial charge < -0.3 is 0 Å². The van der Waals surface area contributed by atoms with Crippen LogP contribution in [-0.2, 0) is 19.1 Å². The van der Waals surface area contributed by atoms with Crippen molar-refractivity contribution in [3.63, 3.8) is 0 Å². The molecule has 0 fully saturated rings. The van der Waals surface area contributed by atoms with Crippen LogP contribution in [0.5, 0.6) is 0 Å². The number of aromatic nitrogens is 3. The summed E-state index contributed by atoms with van der Waals surface area (Å²) in [6, 6.07) is 15.2. The Morgan fingerprint density at radius 1 is 0.931 bits per heavy atom. The van der Waals surface area contributed by atoms with Crippen molar-refractivity contribution in [3.05, 3.63) is 72.1 Å². The molecule has 0 spiro atoms. The van der Waals surface area contributed by atoms with Crippen molar-refractivity contribution in [2.45, 2.75) is 32.0 Å². The van der Waals surface area contributed by atoms with E-state index in [-0.39, 0.29) is 0 Å². The van der Waals surface area contributed by atoms with E-state index in [4.69, 9.17) is 5.10 Å². The molecule has 5 rings (SSSR count). The molecule has 6 heteroatoms. The van der Waals surface area contributed by atoms with Crippen LogP contribution in [0, 0.1) is 0 Å². The van der Waals surface area contributed by atoms with Crippen LogP contribution >= 0.6 is 0 Å². The largest absolute Gasteiger partial charge is 0.416 e. The summed E-state index contributed by atoms with van der Waals surface area (Å²) in [5.41, 5.74) is 4.25. The molecule has 0 radical (unpaired) electrons. The molecule has 4 aromatic rings. The summed E-state index contributed by atoms with van der Waals surface area (Å²) in [6.45, 7) is 0.782. The van der Waals surface area contributed by atoms with Crippen molar-refractivity contribution in [1.29, 1.82) is 0 Å². The van der Waals surface area contributed by atoms with Crippen LogP contribution in [-0.4, -0.2) is 14.8 Å². The van der Waals surface area contributed by atoms with E-state index in [9.17, 15) is 13.2 Å². The number of aryl methyl sites for hydroxylation is 1. The lowest BCUT2D eigenvalue weighted by Crippen LogP contribution is -2.11. The summed E-state index contributed by atoms with van der Waals surface area (Å²) in [4.78, 5) is 4.44. The monoisotopic (exact) mass is 393 g/mol. The molecule has 0 atom stereocenters. The number of pyridine rings is 1. The van der Waals surface area contributed by atoms with Crippen LogP contribution in [0.1, 0.15) is 24.1 Å². The number of nitrogens with zero attached hydrogens (tertiary/aromatic N) is 3. The molecule has 1 aliphatic heterocycles. The topological polar surface area (TPSA) is 30.7 Å². The minimum absolute atomic E-state index is 0.484. The van der Waals surface area contributed by atoms with Gasteiger partial charge in [0.1, 0.15) is 5.69 Å². The van der Waals surface area contributed by atoms with Gasteiger partial charge in [-0.15, -0.1) is 0 Å². The molecule has 0 aliphatic carbocycles. The highest BCUT2D eigenvalue weighted by Gasteiger charge is 2.31. The molecule has 0 saturated heterocycles. The number of fused-ring (bicyclic) bond motifs is 2. The van der Waals surface area contributed by atoms with E-state index in [1.165, 1.54) is 12.1 Å². The third-order valence-corrected chi connectivity index (χ3v) is 5.47. The Labute approximate surface area is 165 Å². The van der Waals surface area contributed by atoms with Gasteiger partial charge in [-0.25, -0.2) is 0 Å². The summed E-state index contributed by atoms with van der Waals surface area (Å²) in [5.74, 6) is 0. The van der Waals surface area contributed by atoms with E-state index in [0.717, 1.165) is 59.6 Å². The Morgan fingerprint density at radius 3 is 2.66 bits per heavy atom. The Hall–Kier alpha value is -3.15. The number of alkyl halides is 3. The van der Waals surface area contributed by atoms with Crippen molar-refractivity contribution in [2.24, 2.45) is 0 Å². The van der Waals surface area contributed by atoms with Crippen LogP contribution in [0.4, 0.5) is 13.2 Å². The quantitative estimate of drug-likeness (QED) is 0.411. The lowest BCUT2D eigenvalue weighted by Gasteiger charge is -2.15. The summed E-state index contributed by atoms with van der Waals surface area (Å²) >= 11 is 0. The van der Waals surface area contributed by atoms with E-state index in [1.54, 1.807) is 12.3 Å². The van der Waals surface area contributed by atoms with Gasteiger partial charge in [0.25, 0.3) is 0 Å². The minimum Gasteiger partial charge on any atom is -0.268 e. The summed E-state index contributed by atoms with van der Waals surface area (Å²) in [7, 11) is 0. The lowest BCUT2D eigenvalue weighted by molar-refractivity contribution is -0.137. The molecule has 0 unspecified atom stereocenters. The molecule has 146 valence electrons. The summed E-state index contributed by atoms with van der Waals surface area (Å²) in [5, 5.41) is 5.73. The van der Waals surface area contributed by atoms with E-state index >= 15 is 0 Å². The lowest BCUT2D eigenvalue weighted by atomic mass is 9.93. The molecule has 1 aliphatic rings. The number of benzene rings is 2. The van der Waals surface area contributed by atoms with Gasteiger partial charge in [0, 0.05) is 34.9 Å². The molecular formula is C23H18F3N3. The molecular weight excluding hydrogens is 375 g/mol. The molecule has 0 saturated carbocycles. The van der Waals surface area contributed by atoms with E-state index in [0.29, 0.717) is 11.3 Å². The first-order chi connectivity index (χ1) is 14.0. The van der Waals surface area contributed by atoms with E-state index in [1.807, 2.05) is 35.0 Å². The molecule has 2 aromatic carbocycles. The van der Waals surface area contributed by atoms with Crippen molar-refractivity contribution in [1.82, 2.24) is 14.8 Å². The molecule has 0 amide bonds. The normalized spacial score (nSPS) is 14.2. The zero-order chi connectivity index (χ0) is 20.0. The average Bonchev–Trinajstić information content (AvgIpc) is 3.12. The smallest absolute Gasteiger partial charge is 0.268 e. The Balaban J connectivity index is 1.79. The fourth-order valence-corrected chi connectivity index (χ4v) is 4.13. The Morgan fingerprint density at radius 2 is 1.79 bits per heavy atom. The maximum Gasteiger partial charge on any atom is 0.416 e. The first-order valence-corrected chi connectivity index (χ1v) is 9.64. The van der Waals surface area contributed by atoms with Gasteiger partial charge >= 0.3 is 6.18 Å². The molecule has 0 N–H and O–H groups in total. The average molecular weight is 393 g/mol. The predicted octanol–water partition coefficient (Wildman–Crippen LogP) is 6.12. The van der Waals surface area contributed by atoms with Crippen molar-refractivity contribution >= 4 is 10.9 Å². The Bertz CT molecular complexity index is 1200. The van der Waals surface area contributed by atoms with Crippen LogP contribution < -0.4 is 0 Å². The van der Waals surface area contributed by atoms with Crippen LogP contribution in [0.15, 0.2) is 60.8 Å². The van der Waals surface area contributed by atoms with E-state index < -0.39 is 11.7 Å². The first kappa shape index (κ1) is 17.9. The number of halogens is 3. The number of hydrogen-bond acceptors (Lipinski definition) is 2. The molecule has 29 heavy (non-hydrogen) atoms. The van der Waals surface area contributed by atoms with Crippen LogP contribution in [0.25, 0.3) is 33.3 Å². The van der Waals surface area contributed by atoms with Gasteiger partial charge in [-0.3, -0.25) is 9.67 Å². The highest BCUT2D eigenvalue weighted by atomic mass is 19.4. The maximum atomic E-state index is 13.3. The fourth-order valence-electron chi connectivity index (χ4n) is 4.13. The first-order valence-electron chi connectivity index (χ1n) is 9.64. The zero-order valence-electron chi connectivity index (χ0n) is 15.6. The van der Waals surface area contributed by atoms with Crippen molar-refractivity contribution < 1.29 is 13.2 Å². The second-order valence-electron chi connectivity index (χ2n) is 7.30. The third-order valence-electron chi connectivity index (χ3n) is 5.47. The maximum absolute atomic E-state index is 13.3. The predicted molar refractivity (Wildman–Crippen MR) is 106 cm³/mol. The SMILES string of the molecule is FC(F)(F)c1cccc(-c2nn3c(c2-c2ccnc4ccccc24)CCCC3)c1. The Kier molecular flexibility index (Phi) is 4.15. The van der Waals surface area contributed by atoms with E-state index in [2.05, 4.69) is 4.98 Å². The van der Waals surface area contributed by atoms with Gasteiger partial charge in [-0.2, -0.15) is 18.3 Å². The van der Waals surface area contributed by atoms with Gasteiger partial charge in [-0.1, -0.05) is 30.3 Å². The second-order valence-corrected chi connectivity index (χ2v) is 7.30. The second kappa shape index (κ2) is 6.72. The minimum atomic E-state index is -4.39. The zero-order valence-corrected chi connectivity index (χ0v) is 15.6. The van der Waals surface area contributed by atoms with Gasteiger partial charge in [0.05, 0.1) is 11.1 Å². The molecule has 3 heterocycles. The molecule has 2 aromatic heterocycles. The van der Waals surface area contributed by atoms with Gasteiger partial charge in [0.2, 0.25) is 0 Å². The van der Waals surface area contributed by atoms with Gasteiger partial charge in [-0.05, 0) is 49.1 Å². The highest BCUT2D eigenvalue weighted by Crippen LogP contribution is 2.41. The highest BCUT2D eigenvalue weighted by molar-refractivity contribution is 5.99.